The predicted molar refractivity (Wildman–Crippen MR) is 55.0 cm³/mol. The fourth-order valence-corrected chi connectivity index (χ4v) is 1.44. The lowest BCUT2D eigenvalue weighted by atomic mass is 9.80. The van der Waals surface area contributed by atoms with Crippen molar-refractivity contribution in [2.45, 2.75) is 20.3 Å². The largest absolute Gasteiger partial charge is 0.0952 e. The van der Waals surface area contributed by atoms with Gasteiger partial charge in [-0.25, -0.2) is 0 Å². The lowest BCUT2D eigenvalue weighted by molar-refractivity contribution is 0.815. The zero-order chi connectivity index (χ0) is 9.30. The molecule has 0 bridgehead atoms. The molecule has 0 spiro atoms. The van der Waals surface area contributed by atoms with Crippen LogP contribution in [-0.2, 0) is 0 Å². The summed E-state index contributed by atoms with van der Waals surface area (Å²) in [4.78, 5) is 0. The summed E-state index contributed by atoms with van der Waals surface area (Å²) >= 11 is 0. The molecule has 0 nitrogen and oxygen atoms in total. The first kappa shape index (κ1) is 9.05. The molecule has 1 unspecified atom stereocenters. The molecule has 0 aliphatic heterocycles. The molecule has 1 atom stereocenters. The molecule has 0 heteroatoms. The summed E-state index contributed by atoms with van der Waals surface area (Å²) in [5.41, 5.74) is 4.67. The maximum atomic E-state index is 4.02. The average molecular weight is 160 g/mol. The van der Waals surface area contributed by atoms with Crippen LogP contribution in [-0.4, -0.2) is 0 Å². The van der Waals surface area contributed by atoms with E-state index >= 15 is 0 Å². The third-order valence-electron chi connectivity index (χ3n) is 2.59. The van der Waals surface area contributed by atoms with Gasteiger partial charge in [-0.3, -0.25) is 0 Å². The fraction of sp³-hybridized carbons (Fsp3) is 0.333. The summed E-state index contributed by atoms with van der Waals surface area (Å²) in [5, 5.41) is 0. The molecule has 1 aliphatic rings. The highest BCUT2D eigenvalue weighted by Crippen LogP contribution is 2.35. The molecule has 0 aromatic carbocycles. The van der Waals surface area contributed by atoms with Crippen LogP contribution in [0.25, 0.3) is 0 Å². The summed E-state index contributed by atoms with van der Waals surface area (Å²) in [7, 11) is 0. The molecule has 0 aromatic heterocycles. The van der Waals surface area contributed by atoms with Crippen LogP contribution in [0.3, 0.4) is 0 Å². The van der Waals surface area contributed by atoms with Gasteiger partial charge in [0.05, 0.1) is 0 Å². The van der Waals surface area contributed by atoms with Gasteiger partial charge in [-0.1, -0.05) is 39.7 Å². The molecule has 0 aromatic rings. The van der Waals surface area contributed by atoms with E-state index in [1.165, 1.54) is 5.57 Å². The highest BCUT2D eigenvalue weighted by atomic mass is 14.2. The second-order valence-electron chi connectivity index (χ2n) is 3.32. The van der Waals surface area contributed by atoms with Crippen molar-refractivity contribution in [2.75, 3.05) is 0 Å². The van der Waals surface area contributed by atoms with E-state index in [0.717, 1.165) is 23.1 Å². The van der Waals surface area contributed by atoms with Gasteiger partial charge in [0.15, 0.2) is 0 Å². The number of hydrogen-bond acceptors (Lipinski definition) is 0. The molecule has 0 saturated heterocycles. The maximum absolute atomic E-state index is 4.02. The summed E-state index contributed by atoms with van der Waals surface area (Å²) in [6, 6.07) is 0. The van der Waals surface area contributed by atoms with Crippen molar-refractivity contribution >= 4 is 0 Å². The maximum Gasteiger partial charge on any atom is 0.00551 e. The van der Waals surface area contributed by atoms with Gasteiger partial charge in [0.25, 0.3) is 0 Å². The van der Waals surface area contributed by atoms with Crippen molar-refractivity contribution in [1.82, 2.24) is 0 Å². The Morgan fingerprint density at radius 1 is 1.33 bits per heavy atom. The molecule has 0 N–H and O–H groups in total. The second kappa shape index (κ2) is 3.14. The molecule has 0 saturated carbocycles. The van der Waals surface area contributed by atoms with Gasteiger partial charge in [-0.05, 0) is 28.7 Å². The minimum absolute atomic E-state index is 0.368. The fourth-order valence-electron chi connectivity index (χ4n) is 1.44. The molecule has 1 rings (SSSR count). The Balaban J connectivity index is 3.08. The first-order valence-corrected chi connectivity index (χ1v) is 4.35. The van der Waals surface area contributed by atoms with Crippen LogP contribution in [0.5, 0.6) is 0 Å². The molecule has 0 amide bonds. The van der Waals surface area contributed by atoms with Gasteiger partial charge in [-0.15, -0.1) is 0 Å². The zero-order valence-electron chi connectivity index (χ0n) is 7.98. The first-order chi connectivity index (χ1) is 5.57. The van der Waals surface area contributed by atoms with Crippen molar-refractivity contribution in [3.8, 4) is 0 Å². The van der Waals surface area contributed by atoms with Gasteiger partial charge in [0.2, 0.25) is 0 Å². The lowest BCUT2D eigenvalue weighted by Gasteiger charge is -2.25. The van der Waals surface area contributed by atoms with E-state index in [1.807, 2.05) is 0 Å². The normalized spacial score (nSPS) is 24.3. The minimum atomic E-state index is 0.368. The molecule has 12 heavy (non-hydrogen) atoms. The summed E-state index contributed by atoms with van der Waals surface area (Å²) < 4.78 is 0. The first-order valence-electron chi connectivity index (χ1n) is 4.35. The van der Waals surface area contributed by atoms with E-state index in [1.54, 1.807) is 0 Å². The predicted octanol–water partition coefficient (Wildman–Crippen LogP) is 3.64. The molecule has 64 valence electrons. The Kier molecular flexibility index (Phi) is 2.37. The summed E-state index contributed by atoms with van der Waals surface area (Å²) in [5.74, 6) is 0.368. The lowest BCUT2D eigenvalue weighted by Crippen LogP contribution is -2.09. The number of rotatable bonds is 1. The summed E-state index contributed by atoms with van der Waals surface area (Å²) in [6.07, 6.45) is 3.16. The molecule has 1 aliphatic carbocycles. The van der Waals surface area contributed by atoms with Crippen LogP contribution in [0.1, 0.15) is 20.3 Å². The Bertz CT molecular complexity index is 276. The third-order valence-corrected chi connectivity index (χ3v) is 2.59. The van der Waals surface area contributed by atoms with Crippen molar-refractivity contribution in [2.24, 2.45) is 5.92 Å². The van der Waals surface area contributed by atoms with E-state index in [0.29, 0.717) is 5.92 Å². The van der Waals surface area contributed by atoms with Crippen LogP contribution in [0, 0.1) is 5.92 Å². The van der Waals surface area contributed by atoms with E-state index in [9.17, 15) is 0 Å². The number of allylic oxidation sites excluding steroid dienone is 5. The standard InChI is InChI=1S/C12H16/c1-6-12-7-8(2)9(3)10(4)11(12)5/h7,9H,2,4-6H2,1,3H3. The molecular weight excluding hydrogens is 144 g/mol. The quantitative estimate of drug-likeness (QED) is 0.549. The van der Waals surface area contributed by atoms with Crippen molar-refractivity contribution in [1.29, 1.82) is 0 Å². The topological polar surface area (TPSA) is 0 Å². The van der Waals surface area contributed by atoms with Crippen molar-refractivity contribution < 1.29 is 0 Å². The molecular formula is C12H16. The number of hydrogen-bond donors (Lipinski definition) is 0. The second-order valence-corrected chi connectivity index (χ2v) is 3.32. The van der Waals surface area contributed by atoms with Crippen LogP contribution in [0.4, 0.5) is 0 Å². The monoisotopic (exact) mass is 160 g/mol. The minimum Gasteiger partial charge on any atom is -0.0952 e. The Labute approximate surface area is 75.0 Å². The van der Waals surface area contributed by atoms with E-state index in [2.05, 4.69) is 39.7 Å². The highest BCUT2D eigenvalue weighted by Gasteiger charge is 2.19. The SMILES string of the molecule is C=C1C(=C)C(C)C(=C)C=C1CC. The average Bonchev–Trinajstić information content (AvgIpc) is 2.08. The molecule has 0 heterocycles. The summed E-state index contributed by atoms with van der Waals surface area (Å²) in [6.45, 7) is 16.3. The highest BCUT2D eigenvalue weighted by molar-refractivity contribution is 5.54. The van der Waals surface area contributed by atoms with Gasteiger partial charge in [-0.2, -0.15) is 0 Å². The molecule has 0 radical (unpaired) electrons. The Hall–Kier alpha value is -1.04. The van der Waals surface area contributed by atoms with Crippen LogP contribution in [0.15, 0.2) is 48.1 Å². The van der Waals surface area contributed by atoms with Gasteiger partial charge < -0.3 is 0 Å². The van der Waals surface area contributed by atoms with Gasteiger partial charge in [0.1, 0.15) is 0 Å². The van der Waals surface area contributed by atoms with Gasteiger partial charge in [0, 0.05) is 5.92 Å². The molecule has 0 fully saturated rings. The van der Waals surface area contributed by atoms with Crippen LogP contribution in [0.2, 0.25) is 0 Å². The Morgan fingerprint density at radius 3 is 2.42 bits per heavy atom. The van der Waals surface area contributed by atoms with E-state index in [4.69, 9.17) is 0 Å². The third kappa shape index (κ3) is 1.29. The Morgan fingerprint density at radius 2 is 1.92 bits per heavy atom. The van der Waals surface area contributed by atoms with Crippen LogP contribution < -0.4 is 0 Å². The smallest absolute Gasteiger partial charge is 0.00551 e. The van der Waals surface area contributed by atoms with Gasteiger partial charge >= 0.3 is 0 Å². The zero-order valence-corrected chi connectivity index (χ0v) is 7.98. The van der Waals surface area contributed by atoms with E-state index in [-0.39, 0.29) is 0 Å². The van der Waals surface area contributed by atoms with E-state index < -0.39 is 0 Å². The van der Waals surface area contributed by atoms with Crippen molar-refractivity contribution in [3.05, 3.63) is 48.1 Å². The van der Waals surface area contributed by atoms with Crippen LogP contribution >= 0.6 is 0 Å². The van der Waals surface area contributed by atoms with Crippen molar-refractivity contribution in [3.63, 3.8) is 0 Å².